The molecule has 2 aromatic heterocycles. The maximum atomic E-state index is 5.89. The summed E-state index contributed by atoms with van der Waals surface area (Å²) in [5, 5.41) is 3.40. The summed E-state index contributed by atoms with van der Waals surface area (Å²) in [4.78, 5) is 4.04. The zero-order valence-corrected chi connectivity index (χ0v) is 12.7. The van der Waals surface area contributed by atoms with Gasteiger partial charge >= 0.3 is 0 Å². The summed E-state index contributed by atoms with van der Waals surface area (Å²) in [6.07, 6.45) is 1.15. The van der Waals surface area contributed by atoms with Gasteiger partial charge in [-0.05, 0) is 29.5 Å². The summed E-state index contributed by atoms with van der Waals surface area (Å²) >= 11 is 1.88. The Morgan fingerprint density at radius 1 is 1.24 bits per heavy atom. The van der Waals surface area contributed by atoms with Crippen LogP contribution in [-0.4, -0.2) is 11.4 Å². The minimum atomic E-state index is 0.460. The van der Waals surface area contributed by atoms with Crippen LogP contribution in [0.15, 0.2) is 40.1 Å². The third-order valence-electron chi connectivity index (χ3n) is 4.24. The number of benzene rings is 1. The molecule has 0 aliphatic carbocycles. The molecule has 2 N–H and O–H groups in total. The monoisotopic (exact) mass is 298 g/mol. The molecule has 0 bridgehead atoms. The largest absolute Gasteiger partial charge is 0.459 e. The first-order valence-electron chi connectivity index (χ1n) is 7.32. The Morgan fingerprint density at radius 3 is 3.05 bits per heavy atom. The second kappa shape index (κ2) is 5.30. The van der Waals surface area contributed by atoms with Crippen LogP contribution in [0.5, 0.6) is 0 Å². The molecule has 21 heavy (non-hydrogen) atoms. The van der Waals surface area contributed by atoms with Gasteiger partial charge in [-0.25, -0.2) is 0 Å². The van der Waals surface area contributed by atoms with Gasteiger partial charge in [0.2, 0.25) is 0 Å². The first-order valence-corrected chi connectivity index (χ1v) is 8.20. The molecule has 0 saturated carbocycles. The zero-order valence-electron chi connectivity index (χ0n) is 11.8. The van der Waals surface area contributed by atoms with Gasteiger partial charge in [-0.3, -0.25) is 4.90 Å². The highest BCUT2D eigenvalue weighted by Crippen LogP contribution is 2.30. The van der Waals surface area contributed by atoms with Crippen LogP contribution in [0.2, 0.25) is 0 Å². The van der Waals surface area contributed by atoms with Crippen LogP contribution in [-0.2, 0) is 26.1 Å². The summed E-state index contributed by atoms with van der Waals surface area (Å²) < 4.78 is 5.89. The number of nitrogens with zero attached hydrogens (tertiary/aromatic N) is 1. The zero-order chi connectivity index (χ0) is 14.2. The van der Waals surface area contributed by atoms with Gasteiger partial charge in [0.05, 0.1) is 6.54 Å². The van der Waals surface area contributed by atoms with Gasteiger partial charge in [-0.2, -0.15) is 0 Å². The van der Waals surface area contributed by atoms with E-state index in [0.717, 1.165) is 37.4 Å². The summed E-state index contributed by atoms with van der Waals surface area (Å²) in [6.45, 7) is 3.51. The van der Waals surface area contributed by atoms with E-state index < -0.39 is 0 Å². The van der Waals surface area contributed by atoms with Gasteiger partial charge < -0.3 is 10.2 Å². The van der Waals surface area contributed by atoms with Crippen molar-refractivity contribution in [2.45, 2.75) is 26.1 Å². The normalized spacial score (nSPS) is 15.5. The summed E-state index contributed by atoms with van der Waals surface area (Å²) in [5.41, 5.74) is 9.55. The molecule has 3 aromatic rings. The van der Waals surface area contributed by atoms with Crippen molar-refractivity contribution < 1.29 is 4.42 Å². The predicted molar refractivity (Wildman–Crippen MR) is 86.2 cm³/mol. The highest BCUT2D eigenvalue weighted by molar-refractivity contribution is 7.10. The molecule has 0 amide bonds. The fourth-order valence-electron chi connectivity index (χ4n) is 3.15. The first-order chi connectivity index (χ1) is 10.3. The maximum Gasteiger partial charge on any atom is 0.134 e. The molecule has 1 aliphatic heterocycles. The van der Waals surface area contributed by atoms with E-state index in [4.69, 9.17) is 10.2 Å². The quantitative estimate of drug-likeness (QED) is 0.804. The Balaban J connectivity index is 1.65. The van der Waals surface area contributed by atoms with Crippen LogP contribution < -0.4 is 5.73 Å². The van der Waals surface area contributed by atoms with E-state index in [1.165, 1.54) is 16.5 Å². The number of hydrogen-bond donors (Lipinski definition) is 1. The lowest BCUT2D eigenvalue weighted by Crippen LogP contribution is -2.29. The topological polar surface area (TPSA) is 42.4 Å². The van der Waals surface area contributed by atoms with Gasteiger partial charge in [-0.1, -0.05) is 18.2 Å². The number of nitrogens with two attached hydrogens (primary N) is 1. The summed E-state index contributed by atoms with van der Waals surface area (Å²) in [6, 6.07) is 10.5. The highest BCUT2D eigenvalue weighted by Gasteiger charge is 2.20. The molecular formula is C17H18N2OS. The Morgan fingerprint density at radius 2 is 2.14 bits per heavy atom. The third kappa shape index (κ3) is 2.29. The van der Waals surface area contributed by atoms with E-state index in [-0.39, 0.29) is 0 Å². The molecule has 108 valence electrons. The average molecular weight is 298 g/mol. The molecule has 0 unspecified atom stereocenters. The van der Waals surface area contributed by atoms with Crippen molar-refractivity contribution in [2.75, 3.05) is 6.54 Å². The second-order valence-corrected chi connectivity index (χ2v) is 6.53. The van der Waals surface area contributed by atoms with E-state index in [1.54, 1.807) is 4.88 Å². The highest BCUT2D eigenvalue weighted by atomic mass is 32.1. The van der Waals surface area contributed by atoms with Crippen molar-refractivity contribution in [3.63, 3.8) is 0 Å². The molecule has 0 radical (unpaired) electrons. The first kappa shape index (κ1) is 13.1. The number of rotatable bonds is 3. The number of para-hydroxylation sites is 1. The van der Waals surface area contributed by atoms with Crippen molar-refractivity contribution in [3.05, 3.63) is 57.5 Å². The van der Waals surface area contributed by atoms with Crippen LogP contribution in [0.1, 0.15) is 21.8 Å². The molecule has 0 saturated heterocycles. The molecule has 0 atom stereocenters. The van der Waals surface area contributed by atoms with Gasteiger partial charge in [0.1, 0.15) is 11.3 Å². The molecule has 4 heteroatoms. The SMILES string of the molecule is NCc1oc2ccccc2c1CN1CCc2sccc2C1. The molecule has 4 rings (SSSR count). The van der Waals surface area contributed by atoms with Crippen molar-refractivity contribution in [2.24, 2.45) is 5.73 Å². The molecule has 1 aromatic carbocycles. The minimum absolute atomic E-state index is 0.460. The Kier molecular flexibility index (Phi) is 3.30. The Labute approximate surface area is 128 Å². The van der Waals surface area contributed by atoms with Crippen LogP contribution in [0.4, 0.5) is 0 Å². The number of thiophene rings is 1. The fourth-order valence-corrected chi connectivity index (χ4v) is 4.04. The smallest absolute Gasteiger partial charge is 0.134 e. The van der Waals surface area contributed by atoms with E-state index in [2.05, 4.69) is 28.5 Å². The van der Waals surface area contributed by atoms with Crippen molar-refractivity contribution in [3.8, 4) is 0 Å². The van der Waals surface area contributed by atoms with E-state index in [0.29, 0.717) is 6.54 Å². The van der Waals surface area contributed by atoms with E-state index in [9.17, 15) is 0 Å². The lowest BCUT2D eigenvalue weighted by molar-refractivity contribution is 0.246. The molecular weight excluding hydrogens is 280 g/mol. The Hall–Kier alpha value is -1.62. The van der Waals surface area contributed by atoms with Crippen molar-refractivity contribution >= 4 is 22.3 Å². The summed E-state index contributed by atoms with van der Waals surface area (Å²) in [5.74, 6) is 0.923. The van der Waals surface area contributed by atoms with Gasteiger partial charge in [0.15, 0.2) is 0 Å². The average Bonchev–Trinajstić information content (AvgIpc) is 3.11. The van der Waals surface area contributed by atoms with Crippen molar-refractivity contribution in [1.82, 2.24) is 4.90 Å². The van der Waals surface area contributed by atoms with Crippen LogP contribution >= 0.6 is 11.3 Å². The number of hydrogen-bond acceptors (Lipinski definition) is 4. The fraction of sp³-hybridized carbons (Fsp3) is 0.294. The molecule has 0 fully saturated rings. The predicted octanol–water partition coefficient (Wildman–Crippen LogP) is 3.51. The number of fused-ring (bicyclic) bond motifs is 2. The second-order valence-electron chi connectivity index (χ2n) is 5.53. The van der Waals surface area contributed by atoms with Crippen molar-refractivity contribution in [1.29, 1.82) is 0 Å². The minimum Gasteiger partial charge on any atom is -0.459 e. The van der Waals surface area contributed by atoms with Gasteiger partial charge in [0, 0.05) is 35.5 Å². The number of furan rings is 1. The third-order valence-corrected chi connectivity index (χ3v) is 5.26. The summed E-state index contributed by atoms with van der Waals surface area (Å²) in [7, 11) is 0. The molecule has 1 aliphatic rings. The van der Waals surface area contributed by atoms with E-state index >= 15 is 0 Å². The lowest BCUT2D eigenvalue weighted by atomic mass is 10.1. The van der Waals surface area contributed by atoms with Gasteiger partial charge in [0.25, 0.3) is 0 Å². The lowest BCUT2D eigenvalue weighted by Gasteiger charge is -2.26. The van der Waals surface area contributed by atoms with Crippen LogP contribution in [0, 0.1) is 0 Å². The molecule has 3 heterocycles. The molecule has 3 nitrogen and oxygen atoms in total. The maximum absolute atomic E-state index is 5.89. The van der Waals surface area contributed by atoms with Crippen LogP contribution in [0.25, 0.3) is 11.0 Å². The van der Waals surface area contributed by atoms with E-state index in [1.807, 2.05) is 23.5 Å². The Bertz CT molecular complexity index is 774. The molecule has 0 spiro atoms. The van der Waals surface area contributed by atoms with Gasteiger partial charge in [-0.15, -0.1) is 11.3 Å². The standard InChI is InChI=1S/C17H18N2OS/c18-9-16-14(13-3-1-2-4-15(13)20-16)11-19-7-5-17-12(10-19)6-8-21-17/h1-4,6,8H,5,7,9-11,18H2. The van der Waals surface area contributed by atoms with Crippen LogP contribution in [0.3, 0.4) is 0 Å².